The van der Waals surface area contributed by atoms with Gasteiger partial charge in [-0.15, -0.1) is 4.83 Å². The summed E-state index contributed by atoms with van der Waals surface area (Å²) in [6.45, 7) is 4.59. The fourth-order valence-electron chi connectivity index (χ4n) is 2.21. The standard InChI is InChI=1S/C18H22N2O6S/c1-4-25-14-7-9-15(10-8-14)27(22,23)20-19-18(21)13-6-11-16(26-5-2)17(12-13)24-3/h6-12,20H,4-5H2,1-3H3,(H,19,21). The van der Waals surface area contributed by atoms with Crippen LogP contribution in [0.3, 0.4) is 0 Å². The summed E-state index contributed by atoms with van der Waals surface area (Å²) in [5, 5.41) is 0. The van der Waals surface area contributed by atoms with E-state index in [1.807, 2.05) is 13.8 Å². The van der Waals surface area contributed by atoms with Gasteiger partial charge in [0, 0.05) is 5.56 Å². The average molecular weight is 394 g/mol. The third kappa shape index (κ3) is 5.35. The smallest absolute Gasteiger partial charge is 0.266 e. The van der Waals surface area contributed by atoms with E-state index in [2.05, 4.69) is 10.3 Å². The number of hydrazine groups is 1. The summed E-state index contributed by atoms with van der Waals surface area (Å²) < 4.78 is 40.4. The maximum absolute atomic E-state index is 12.3. The number of nitrogens with one attached hydrogen (secondary N) is 2. The van der Waals surface area contributed by atoms with Gasteiger partial charge in [-0.2, -0.15) is 0 Å². The summed E-state index contributed by atoms with van der Waals surface area (Å²) in [4.78, 5) is 14.3. The van der Waals surface area contributed by atoms with Gasteiger partial charge in [-0.1, -0.05) is 0 Å². The Hall–Kier alpha value is -2.78. The number of carbonyl (C=O) groups excluding carboxylic acids is 1. The number of rotatable bonds is 9. The highest BCUT2D eigenvalue weighted by molar-refractivity contribution is 7.89. The third-order valence-corrected chi connectivity index (χ3v) is 4.73. The zero-order chi connectivity index (χ0) is 19.9. The van der Waals surface area contributed by atoms with Crippen molar-refractivity contribution in [1.82, 2.24) is 10.3 Å². The van der Waals surface area contributed by atoms with Gasteiger partial charge >= 0.3 is 0 Å². The summed E-state index contributed by atoms with van der Waals surface area (Å²) in [6, 6.07) is 10.4. The molecule has 27 heavy (non-hydrogen) atoms. The zero-order valence-corrected chi connectivity index (χ0v) is 16.1. The van der Waals surface area contributed by atoms with E-state index in [9.17, 15) is 13.2 Å². The first-order chi connectivity index (χ1) is 12.9. The van der Waals surface area contributed by atoms with Gasteiger partial charge in [0.2, 0.25) is 0 Å². The molecule has 0 fully saturated rings. The molecule has 1 amide bonds. The number of sulfonamides is 1. The van der Waals surface area contributed by atoms with Gasteiger partial charge in [0.05, 0.1) is 25.2 Å². The molecule has 2 N–H and O–H groups in total. The Morgan fingerprint density at radius 1 is 0.963 bits per heavy atom. The van der Waals surface area contributed by atoms with Crippen molar-refractivity contribution in [2.45, 2.75) is 18.7 Å². The van der Waals surface area contributed by atoms with Crippen LogP contribution in [-0.4, -0.2) is 34.6 Å². The van der Waals surface area contributed by atoms with E-state index >= 15 is 0 Å². The fourth-order valence-corrected chi connectivity index (χ4v) is 3.05. The quantitative estimate of drug-likeness (QED) is 0.632. The molecular formula is C18H22N2O6S. The van der Waals surface area contributed by atoms with E-state index in [1.54, 1.807) is 6.07 Å². The predicted octanol–water partition coefficient (Wildman–Crippen LogP) is 2.12. The number of methoxy groups -OCH3 is 1. The van der Waals surface area contributed by atoms with Gasteiger partial charge < -0.3 is 14.2 Å². The van der Waals surface area contributed by atoms with Gasteiger partial charge in [0.25, 0.3) is 15.9 Å². The topological polar surface area (TPSA) is 103 Å². The van der Waals surface area contributed by atoms with E-state index in [4.69, 9.17) is 14.2 Å². The van der Waals surface area contributed by atoms with Crippen molar-refractivity contribution >= 4 is 15.9 Å². The normalized spacial score (nSPS) is 10.9. The van der Waals surface area contributed by atoms with Crippen LogP contribution in [0.1, 0.15) is 24.2 Å². The minimum absolute atomic E-state index is 0.00414. The average Bonchev–Trinajstić information content (AvgIpc) is 2.67. The molecule has 0 radical (unpaired) electrons. The van der Waals surface area contributed by atoms with Crippen LogP contribution in [0.2, 0.25) is 0 Å². The molecule has 0 aliphatic heterocycles. The molecule has 0 aliphatic carbocycles. The van der Waals surface area contributed by atoms with Gasteiger partial charge in [-0.3, -0.25) is 10.2 Å². The van der Waals surface area contributed by atoms with Crippen molar-refractivity contribution in [3.63, 3.8) is 0 Å². The van der Waals surface area contributed by atoms with Crippen LogP contribution in [-0.2, 0) is 10.0 Å². The molecule has 2 aromatic rings. The second-order valence-electron chi connectivity index (χ2n) is 5.26. The lowest BCUT2D eigenvalue weighted by Crippen LogP contribution is -2.41. The van der Waals surface area contributed by atoms with E-state index in [-0.39, 0.29) is 10.5 Å². The van der Waals surface area contributed by atoms with E-state index in [1.165, 1.54) is 43.5 Å². The lowest BCUT2D eigenvalue weighted by molar-refractivity contribution is 0.0944. The Labute approximate surface area is 158 Å². The molecule has 2 rings (SSSR count). The van der Waals surface area contributed by atoms with Crippen molar-refractivity contribution in [2.24, 2.45) is 0 Å². The Balaban J connectivity index is 2.07. The van der Waals surface area contributed by atoms with Gasteiger partial charge in [-0.05, 0) is 56.3 Å². The Morgan fingerprint density at radius 2 is 1.63 bits per heavy atom. The van der Waals surface area contributed by atoms with Crippen molar-refractivity contribution < 1.29 is 27.4 Å². The molecule has 9 heteroatoms. The first-order valence-corrected chi connectivity index (χ1v) is 9.75. The zero-order valence-electron chi connectivity index (χ0n) is 15.3. The molecule has 0 unspecified atom stereocenters. The van der Waals surface area contributed by atoms with Crippen LogP contribution in [0, 0.1) is 0 Å². The molecule has 8 nitrogen and oxygen atoms in total. The van der Waals surface area contributed by atoms with Crippen LogP contribution >= 0.6 is 0 Å². The SMILES string of the molecule is CCOc1ccc(S(=O)(=O)NNC(=O)c2ccc(OCC)c(OC)c2)cc1. The van der Waals surface area contributed by atoms with Gasteiger partial charge in [0.1, 0.15) is 5.75 Å². The first kappa shape index (κ1) is 20.5. The molecular weight excluding hydrogens is 372 g/mol. The van der Waals surface area contributed by atoms with Crippen LogP contribution in [0.4, 0.5) is 0 Å². The Kier molecular flexibility index (Phi) is 7.03. The van der Waals surface area contributed by atoms with E-state index < -0.39 is 15.9 Å². The van der Waals surface area contributed by atoms with Gasteiger partial charge in [0.15, 0.2) is 11.5 Å². The molecule has 0 aliphatic rings. The van der Waals surface area contributed by atoms with Crippen molar-refractivity contribution in [3.05, 3.63) is 48.0 Å². The minimum Gasteiger partial charge on any atom is -0.494 e. The Morgan fingerprint density at radius 3 is 2.22 bits per heavy atom. The number of ether oxygens (including phenoxy) is 3. The second kappa shape index (κ2) is 9.24. The molecule has 0 saturated heterocycles. The van der Waals surface area contributed by atoms with Crippen molar-refractivity contribution in [2.75, 3.05) is 20.3 Å². The van der Waals surface area contributed by atoms with E-state index in [0.29, 0.717) is 30.5 Å². The predicted molar refractivity (Wildman–Crippen MR) is 99.6 cm³/mol. The highest BCUT2D eigenvalue weighted by atomic mass is 32.2. The summed E-state index contributed by atoms with van der Waals surface area (Å²) in [6.07, 6.45) is 0. The van der Waals surface area contributed by atoms with Crippen LogP contribution in [0.5, 0.6) is 17.2 Å². The van der Waals surface area contributed by atoms with Crippen molar-refractivity contribution in [1.29, 1.82) is 0 Å². The number of benzene rings is 2. The molecule has 146 valence electrons. The molecule has 0 aromatic heterocycles. The highest BCUT2D eigenvalue weighted by Crippen LogP contribution is 2.28. The number of hydrogen-bond donors (Lipinski definition) is 2. The van der Waals surface area contributed by atoms with Crippen LogP contribution in [0.15, 0.2) is 47.4 Å². The second-order valence-corrected chi connectivity index (χ2v) is 6.95. The number of amides is 1. The summed E-state index contributed by atoms with van der Waals surface area (Å²) in [5.41, 5.74) is 2.39. The summed E-state index contributed by atoms with van der Waals surface area (Å²) in [5.74, 6) is 0.790. The van der Waals surface area contributed by atoms with Crippen molar-refractivity contribution in [3.8, 4) is 17.2 Å². The fraction of sp³-hybridized carbons (Fsp3) is 0.278. The third-order valence-electron chi connectivity index (χ3n) is 3.47. The highest BCUT2D eigenvalue weighted by Gasteiger charge is 2.17. The molecule has 0 saturated carbocycles. The minimum atomic E-state index is -3.92. The maximum atomic E-state index is 12.3. The summed E-state index contributed by atoms with van der Waals surface area (Å²) in [7, 11) is -2.47. The first-order valence-electron chi connectivity index (χ1n) is 8.27. The Bertz CT molecular complexity index is 881. The van der Waals surface area contributed by atoms with E-state index in [0.717, 1.165) is 0 Å². The molecule has 0 bridgehead atoms. The molecule has 0 spiro atoms. The van der Waals surface area contributed by atoms with Gasteiger partial charge in [-0.25, -0.2) is 8.42 Å². The lowest BCUT2D eigenvalue weighted by atomic mass is 10.2. The largest absolute Gasteiger partial charge is 0.494 e. The molecule has 0 heterocycles. The lowest BCUT2D eigenvalue weighted by Gasteiger charge is -2.12. The van der Waals surface area contributed by atoms with Crippen LogP contribution < -0.4 is 24.5 Å². The monoisotopic (exact) mass is 394 g/mol. The number of hydrogen-bond acceptors (Lipinski definition) is 6. The summed E-state index contributed by atoms with van der Waals surface area (Å²) >= 11 is 0. The number of carbonyl (C=O) groups is 1. The van der Waals surface area contributed by atoms with Crippen LogP contribution in [0.25, 0.3) is 0 Å². The molecule has 2 aromatic carbocycles. The molecule has 0 atom stereocenters. The maximum Gasteiger partial charge on any atom is 0.266 e.